The molecule has 6 nitrogen and oxygen atoms in total. The molecule has 0 spiro atoms. The van der Waals surface area contributed by atoms with Gasteiger partial charge in [-0.1, -0.05) is 29.4 Å². The molecule has 0 unspecified atom stereocenters. The van der Waals surface area contributed by atoms with Crippen molar-refractivity contribution in [2.45, 2.75) is 5.16 Å². The molecular formula is C16H11ClN3O3S-. The van der Waals surface area contributed by atoms with E-state index in [0.717, 1.165) is 17.3 Å². The van der Waals surface area contributed by atoms with Gasteiger partial charge in [0.2, 0.25) is 0 Å². The summed E-state index contributed by atoms with van der Waals surface area (Å²) in [5, 5.41) is 29.4. The summed E-state index contributed by atoms with van der Waals surface area (Å²) in [5.74, 6) is -0.780. The number of aromatic hydroxyl groups is 1. The third-order valence-electron chi connectivity index (χ3n) is 3.14. The van der Waals surface area contributed by atoms with Crippen molar-refractivity contribution < 1.29 is 15.0 Å². The highest BCUT2D eigenvalue weighted by Gasteiger charge is 2.16. The first-order valence-electron chi connectivity index (χ1n) is 6.88. The predicted octanol–water partition coefficient (Wildman–Crippen LogP) is 2.14. The lowest BCUT2D eigenvalue weighted by atomic mass is 10.2. The molecule has 0 aliphatic heterocycles. The third kappa shape index (κ3) is 3.52. The summed E-state index contributed by atoms with van der Waals surface area (Å²) in [6.07, 6.45) is 0. The highest BCUT2D eigenvalue weighted by molar-refractivity contribution is 7.99. The number of aromatic nitrogens is 3. The van der Waals surface area contributed by atoms with Gasteiger partial charge in [-0.2, -0.15) is 0 Å². The first kappa shape index (κ1) is 16.4. The van der Waals surface area contributed by atoms with Crippen molar-refractivity contribution in [1.82, 2.24) is 14.8 Å². The van der Waals surface area contributed by atoms with Crippen molar-refractivity contribution in [2.75, 3.05) is 5.75 Å². The molecule has 1 heterocycles. The van der Waals surface area contributed by atoms with Crippen molar-refractivity contribution in [3.8, 4) is 22.8 Å². The van der Waals surface area contributed by atoms with Gasteiger partial charge < -0.3 is 15.0 Å². The molecule has 2 aromatic carbocycles. The highest BCUT2D eigenvalue weighted by Crippen LogP contribution is 2.29. The van der Waals surface area contributed by atoms with Crippen molar-refractivity contribution in [3.63, 3.8) is 0 Å². The number of carboxylic acids is 1. The Morgan fingerprint density at radius 1 is 1.21 bits per heavy atom. The second-order valence-electron chi connectivity index (χ2n) is 4.83. The Balaban J connectivity index is 2.12. The summed E-state index contributed by atoms with van der Waals surface area (Å²) in [7, 11) is 0. The van der Waals surface area contributed by atoms with E-state index < -0.39 is 5.97 Å². The van der Waals surface area contributed by atoms with Crippen LogP contribution in [0, 0.1) is 0 Å². The van der Waals surface area contributed by atoms with Gasteiger partial charge in [-0.3, -0.25) is 4.57 Å². The Kier molecular flexibility index (Phi) is 4.73. The molecular weight excluding hydrogens is 350 g/mol. The SMILES string of the molecule is O=C([O-])CSc1nnc(-c2ccc(O)cc2)n1-c1cccc(Cl)c1. The fraction of sp³-hybridized carbons (Fsp3) is 0.0625. The van der Waals surface area contributed by atoms with E-state index >= 15 is 0 Å². The number of carbonyl (C=O) groups is 1. The minimum Gasteiger partial charge on any atom is -0.549 e. The van der Waals surface area contributed by atoms with Crippen molar-refractivity contribution >= 4 is 29.3 Å². The number of thioether (sulfide) groups is 1. The molecule has 1 N–H and O–H groups in total. The number of rotatable bonds is 5. The van der Waals surface area contributed by atoms with E-state index in [1.165, 1.54) is 0 Å². The van der Waals surface area contributed by atoms with Gasteiger partial charge in [-0.25, -0.2) is 0 Å². The standard InChI is InChI=1S/C16H12ClN3O3S/c17-11-2-1-3-12(8-11)20-15(10-4-6-13(21)7-5-10)18-19-16(20)24-9-14(22)23/h1-8,21H,9H2,(H,22,23)/p-1. The van der Waals surface area contributed by atoms with Crippen LogP contribution in [0.15, 0.2) is 53.7 Å². The average Bonchev–Trinajstić information content (AvgIpc) is 2.97. The van der Waals surface area contributed by atoms with Gasteiger partial charge in [-0.05, 0) is 42.5 Å². The number of hydrogen-bond donors (Lipinski definition) is 1. The van der Waals surface area contributed by atoms with Crippen LogP contribution in [0.5, 0.6) is 5.75 Å². The molecule has 122 valence electrons. The predicted molar refractivity (Wildman–Crippen MR) is 89.2 cm³/mol. The Bertz CT molecular complexity index is 881. The number of benzene rings is 2. The quantitative estimate of drug-likeness (QED) is 0.701. The number of carboxylic acid groups (broad SMARTS) is 1. The second kappa shape index (κ2) is 6.94. The molecule has 0 saturated carbocycles. The number of phenols is 1. The Morgan fingerprint density at radius 3 is 2.62 bits per heavy atom. The van der Waals surface area contributed by atoms with E-state index in [-0.39, 0.29) is 11.5 Å². The van der Waals surface area contributed by atoms with Crippen LogP contribution in [0.25, 0.3) is 17.1 Å². The van der Waals surface area contributed by atoms with Crippen LogP contribution in [0.2, 0.25) is 5.02 Å². The average molecular weight is 361 g/mol. The van der Waals surface area contributed by atoms with Crippen LogP contribution in [-0.4, -0.2) is 31.6 Å². The van der Waals surface area contributed by atoms with Gasteiger partial charge in [-0.15, -0.1) is 10.2 Å². The molecule has 0 bridgehead atoms. The lowest BCUT2D eigenvalue weighted by Gasteiger charge is -2.11. The van der Waals surface area contributed by atoms with Crippen molar-refractivity contribution in [1.29, 1.82) is 0 Å². The normalized spacial score (nSPS) is 10.7. The van der Waals surface area contributed by atoms with Crippen LogP contribution in [-0.2, 0) is 4.79 Å². The maximum Gasteiger partial charge on any atom is 0.196 e. The molecule has 8 heteroatoms. The van der Waals surface area contributed by atoms with E-state index in [1.807, 2.05) is 6.07 Å². The summed E-state index contributed by atoms with van der Waals surface area (Å²) < 4.78 is 1.71. The number of nitrogens with zero attached hydrogens (tertiary/aromatic N) is 3. The Labute approximate surface area is 146 Å². The van der Waals surface area contributed by atoms with Gasteiger partial charge in [0.15, 0.2) is 11.0 Å². The molecule has 0 amide bonds. The summed E-state index contributed by atoms with van der Waals surface area (Å²) in [5.41, 5.74) is 1.43. The zero-order valence-electron chi connectivity index (χ0n) is 12.2. The monoisotopic (exact) mass is 360 g/mol. The molecule has 3 aromatic rings. The number of carbonyl (C=O) groups excluding carboxylic acids is 1. The van der Waals surface area contributed by atoms with Crippen molar-refractivity contribution in [2.24, 2.45) is 0 Å². The highest BCUT2D eigenvalue weighted by atomic mass is 35.5. The van der Waals surface area contributed by atoms with Crippen LogP contribution >= 0.6 is 23.4 Å². The summed E-state index contributed by atoms with van der Waals surface area (Å²) in [4.78, 5) is 10.8. The maximum absolute atomic E-state index is 10.8. The van der Waals surface area contributed by atoms with E-state index in [4.69, 9.17) is 11.6 Å². The number of hydrogen-bond acceptors (Lipinski definition) is 6. The van der Waals surface area contributed by atoms with Gasteiger partial charge in [0.25, 0.3) is 0 Å². The molecule has 3 rings (SSSR count). The summed E-state index contributed by atoms with van der Waals surface area (Å²) in [6.45, 7) is 0. The lowest BCUT2D eigenvalue weighted by molar-refractivity contribution is -0.301. The van der Waals surface area contributed by atoms with E-state index in [9.17, 15) is 15.0 Å². The fourth-order valence-corrected chi connectivity index (χ4v) is 2.98. The van der Waals surface area contributed by atoms with E-state index in [0.29, 0.717) is 21.7 Å². The van der Waals surface area contributed by atoms with Gasteiger partial charge in [0.05, 0.1) is 11.7 Å². The van der Waals surface area contributed by atoms with Crippen LogP contribution in [0.3, 0.4) is 0 Å². The van der Waals surface area contributed by atoms with Gasteiger partial charge >= 0.3 is 0 Å². The molecule has 0 radical (unpaired) electrons. The largest absolute Gasteiger partial charge is 0.549 e. The van der Waals surface area contributed by atoms with Crippen LogP contribution in [0.1, 0.15) is 0 Å². The maximum atomic E-state index is 10.8. The summed E-state index contributed by atoms with van der Waals surface area (Å²) >= 11 is 7.07. The molecule has 0 atom stereocenters. The zero-order valence-corrected chi connectivity index (χ0v) is 13.8. The Hall–Kier alpha value is -2.51. The fourth-order valence-electron chi connectivity index (χ4n) is 2.13. The minimum atomic E-state index is -1.19. The topological polar surface area (TPSA) is 91.1 Å². The minimum absolute atomic E-state index is 0.138. The van der Waals surface area contributed by atoms with Crippen LogP contribution < -0.4 is 5.11 Å². The Morgan fingerprint density at radius 2 is 1.96 bits per heavy atom. The molecule has 0 fully saturated rings. The van der Waals surface area contributed by atoms with Crippen molar-refractivity contribution in [3.05, 3.63) is 53.6 Å². The first-order valence-corrected chi connectivity index (χ1v) is 8.24. The number of halogens is 1. The summed E-state index contributed by atoms with van der Waals surface area (Å²) in [6, 6.07) is 13.6. The molecule has 0 aliphatic carbocycles. The zero-order chi connectivity index (χ0) is 17.1. The van der Waals surface area contributed by atoms with Gasteiger partial charge in [0, 0.05) is 16.3 Å². The van der Waals surface area contributed by atoms with Gasteiger partial charge in [0.1, 0.15) is 5.75 Å². The van der Waals surface area contributed by atoms with Crippen LogP contribution in [0.4, 0.5) is 0 Å². The molecule has 0 aliphatic rings. The first-order chi connectivity index (χ1) is 11.5. The molecule has 0 saturated heterocycles. The van der Waals surface area contributed by atoms with E-state index in [2.05, 4.69) is 10.2 Å². The smallest absolute Gasteiger partial charge is 0.196 e. The van der Waals surface area contributed by atoms with E-state index in [1.54, 1.807) is 47.0 Å². The third-order valence-corrected chi connectivity index (χ3v) is 4.28. The molecule has 24 heavy (non-hydrogen) atoms. The molecule has 1 aromatic heterocycles. The lowest BCUT2D eigenvalue weighted by Crippen LogP contribution is -2.24. The number of aliphatic carboxylic acids is 1. The second-order valence-corrected chi connectivity index (χ2v) is 6.21. The number of phenolic OH excluding ortho intramolecular Hbond substituents is 1.